The number of aromatic nitrogens is 2. The number of rotatable bonds is 3. The number of phenols is 1. The Labute approximate surface area is 137 Å². The molecule has 0 unspecified atom stereocenters. The predicted octanol–water partition coefficient (Wildman–Crippen LogP) is 2.90. The van der Waals surface area contributed by atoms with Crippen LogP contribution in [0.25, 0.3) is 11.4 Å². The maximum absolute atomic E-state index is 9.42. The molecule has 0 bridgehead atoms. The van der Waals surface area contributed by atoms with Crippen LogP contribution in [0.1, 0.15) is 38.3 Å². The summed E-state index contributed by atoms with van der Waals surface area (Å²) < 4.78 is 0. The number of nitrogens with zero attached hydrogens (tertiary/aromatic N) is 3. The van der Waals surface area contributed by atoms with Crippen LogP contribution in [0, 0.1) is 0 Å². The van der Waals surface area contributed by atoms with E-state index in [1.54, 1.807) is 12.1 Å². The Morgan fingerprint density at radius 3 is 2.43 bits per heavy atom. The van der Waals surface area contributed by atoms with E-state index in [9.17, 15) is 5.11 Å². The van der Waals surface area contributed by atoms with Crippen molar-refractivity contribution >= 4 is 5.69 Å². The van der Waals surface area contributed by atoms with Crippen LogP contribution >= 0.6 is 0 Å². The number of hydrogen-bond donors (Lipinski definition) is 2. The molecule has 5 nitrogen and oxygen atoms in total. The molecule has 1 saturated heterocycles. The third kappa shape index (κ3) is 3.45. The van der Waals surface area contributed by atoms with E-state index in [0.29, 0.717) is 17.8 Å². The smallest absolute Gasteiger partial charge is 0.159 e. The van der Waals surface area contributed by atoms with Crippen molar-refractivity contribution in [3.63, 3.8) is 0 Å². The first-order valence-corrected chi connectivity index (χ1v) is 8.21. The van der Waals surface area contributed by atoms with Gasteiger partial charge < -0.3 is 15.7 Å². The molecule has 5 heteroatoms. The maximum Gasteiger partial charge on any atom is 0.159 e. The van der Waals surface area contributed by atoms with Crippen molar-refractivity contribution in [3.05, 3.63) is 36.2 Å². The topological polar surface area (TPSA) is 75.3 Å². The highest BCUT2D eigenvalue weighted by molar-refractivity contribution is 5.60. The highest BCUT2D eigenvalue weighted by Crippen LogP contribution is 2.29. The van der Waals surface area contributed by atoms with E-state index in [0.717, 1.165) is 42.9 Å². The Balaban J connectivity index is 1.94. The highest BCUT2D eigenvalue weighted by atomic mass is 16.3. The molecule has 2 aromatic rings. The number of hydrogen-bond acceptors (Lipinski definition) is 5. The molecule has 0 atom stereocenters. The van der Waals surface area contributed by atoms with E-state index >= 15 is 0 Å². The number of benzene rings is 1. The fourth-order valence-electron chi connectivity index (χ4n) is 2.95. The minimum absolute atomic E-state index is 0.249. The molecule has 0 saturated carbocycles. The lowest BCUT2D eigenvalue weighted by molar-refractivity contribution is 0.475. The van der Waals surface area contributed by atoms with Crippen LogP contribution in [0.4, 0.5) is 5.69 Å². The second-order valence-electron chi connectivity index (χ2n) is 6.49. The number of nitrogens with two attached hydrogens (primary N) is 1. The van der Waals surface area contributed by atoms with Crippen molar-refractivity contribution in [3.8, 4) is 17.1 Å². The third-order valence-corrected chi connectivity index (χ3v) is 4.35. The van der Waals surface area contributed by atoms with Crippen molar-refractivity contribution in [2.24, 2.45) is 5.73 Å². The average molecular weight is 312 g/mol. The maximum atomic E-state index is 9.42. The summed E-state index contributed by atoms with van der Waals surface area (Å²) >= 11 is 0. The Hall–Kier alpha value is -2.14. The Morgan fingerprint density at radius 2 is 1.83 bits per heavy atom. The summed E-state index contributed by atoms with van der Waals surface area (Å²) in [6.45, 7) is 6.23. The monoisotopic (exact) mass is 312 g/mol. The van der Waals surface area contributed by atoms with Crippen molar-refractivity contribution < 1.29 is 5.11 Å². The lowest BCUT2D eigenvalue weighted by Crippen LogP contribution is -2.40. The zero-order chi connectivity index (χ0) is 16.4. The fourth-order valence-corrected chi connectivity index (χ4v) is 2.95. The van der Waals surface area contributed by atoms with Crippen molar-refractivity contribution in [1.82, 2.24) is 9.97 Å². The highest BCUT2D eigenvalue weighted by Gasteiger charge is 2.21. The predicted molar refractivity (Wildman–Crippen MR) is 92.6 cm³/mol. The molecule has 2 heterocycles. The van der Waals surface area contributed by atoms with Crippen LogP contribution in [0.15, 0.2) is 30.5 Å². The SMILES string of the molecule is CC(C)c1nc(-c2ccc(O)cc2)ncc1N1CCC(N)CC1. The van der Waals surface area contributed by atoms with Crippen LogP contribution in [-0.2, 0) is 0 Å². The van der Waals surface area contributed by atoms with Crippen LogP contribution in [0.3, 0.4) is 0 Å². The first-order chi connectivity index (χ1) is 11.0. The van der Waals surface area contributed by atoms with Gasteiger partial charge in [-0.1, -0.05) is 13.8 Å². The van der Waals surface area contributed by atoms with Gasteiger partial charge in [-0.25, -0.2) is 9.97 Å². The molecule has 1 fully saturated rings. The van der Waals surface area contributed by atoms with Crippen LogP contribution in [-0.4, -0.2) is 34.2 Å². The van der Waals surface area contributed by atoms with Gasteiger partial charge in [-0.05, 0) is 43.0 Å². The number of anilines is 1. The van der Waals surface area contributed by atoms with Crippen molar-refractivity contribution in [1.29, 1.82) is 0 Å². The average Bonchev–Trinajstić information content (AvgIpc) is 2.56. The largest absolute Gasteiger partial charge is 0.508 e. The van der Waals surface area contributed by atoms with Gasteiger partial charge >= 0.3 is 0 Å². The van der Waals surface area contributed by atoms with Gasteiger partial charge in [0.05, 0.1) is 17.6 Å². The molecule has 1 aromatic heterocycles. The Bertz CT molecular complexity index is 661. The van der Waals surface area contributed by atoms with E-state index in [2.05, 4.69) is 23.7 Å². The molecule has 0 amide bonds. The number of phenolic OH excluding ortho intramolecular Hbond substituents is 1. The molecule has 1 aromatic carbocycles. The van der Waals surface area contributed by atoms with E-state index in [-0.39, 0.29) is 5.75 Å². The summed E-state index contributed by atoms with van der Waals surface area (Å²) in [5.74, 6) is 1.27. The normalized spacial score (nSPS) is 16.1. The summed E-state index contributed by atoms with van der Waals surface area (Å²) in [5.41, 5.74) is 9.11. The molecule has 3 rings (SSSR count). The standard InChI is InChI=1S/C18H24N4O/c1-12(2)17-16(22-9-7-14(19)8-10-22)11-20-18(21-17)13-3-5-15(23)6-4-13/h3-6,11-12,14,23H,7-10,19H2,1-2H3. The van der Waals surface area contributed by atoms with Gasteiger partial charge in [-0.3, -0.25) is 0 Å². The summed E-state index contributed by atoms with van der Waals surface area (Å²) in [6, 6.07) is 7.32. The molecule has 23 heavy (non-hydrogen) atoms. The van der Waals surface area contributed by atoms with E-state index in [1.807, 2.05) is 18.3 Å². The summed E-state index contributed by atoms with van der Waals surface area (Å²) in [7, 11) is 0. The third-order valence-electron chi connectivity index (χ3n) is 4.35. The fraction of sp³-hybridized carbons (Fsp3) is 0.444. The zero-order valence-electron chi connectivity index (χ0n) is 13.7. The van der Waals surface area contributed by atoms with E-state index in [4.69, 9.17) is 10.7 Å². The van der Waals surface area contributed by atoms with E-state index < -0.39 is 0 Å². The van der Waals surface area contributed by atoms with Gasteiger partial charge in [-0.2, -0.15) is 0 Å². The quantitative estimate of drug-likeness (QED) is 0.911. The number of aromatic hydroxyl groups is 1. The minimum atomic E-state index is 0.249. The lowest BCUT2D eigenvalue weighted by atomic mass is 10.0. The van der Waals surface area contributed by atoms with E-state index in [1.165, 1.54) is 0 Å². The van der Waals surface area contributed by atoms with Crippen LogP contribution < -0.4 is 10.6 Å². The summed E-state index contributed by atoms with van der Waals surface area (Å²) in [5, 5.41) is 9.42. The second-order valence-corrected chi connectivity index (χ2v) is 6.49. The van der Waals surface area contributed by atoms with Crippen molar-refractivity contribution in [2.45, 2.75) is 38.6 Å². The van der Waals surface area contributed by atoms with Crippen molar-refractivity contribution in [2.75, 3.05) is 18.0 Å². The zero-order valence-corrected chi connectivity index (χ0v) is 13.7. The molecular weight excluding hydrogens is 288 g/mol. The molecule has 0 aliphatic carbocycles. The molecule has 0 spiro atoms. The second kappa shape index (κ2) is 6.54. The lowest BCUT2D eigenvalue weighted by Gasteiger charge is -2.33. The first-order valence-electron chi connectivity index (χ1n) is 8.21. The summed E-state index contributed by atoms with van der Waals surface area (Å²) in [4.78, 5) is 11.7. The molecule has 122 valence electrons. The Morgan fingerprint density at radius 1 is 1.17 bits per heavy atom. The molecule has 3 N–H and O–H groups in total. The molecule has 1 aliphatic heterocycles. The minimum Gasteiger partial charge on any atom is -0.508 e. The number of piperidine rings is 1. The summed E-state index contributed by atoms with van der Waals surface area (Å²) in [6.07, 6.45) is 3.95. The van der Waals surface area contributed by atoms with Gasteiger partial charge in [0.1, 0.15) is 5.75 Å². The van der Waals surface area contributed by atoms with Crippen LogP contribution in [0.2, 0.25) is 0 Å². The molecule has 1 aliphatic rings. The van der Waals surface area contributed by atoms with Gasteiger partial charge in [0.2, 0.25) is 0 Å². The van der Waals surface area contributed by atoms with Gasteiger partial charge in [0.25, 0.3) is 0 Å². The molecular formula is C18H24N4O. The molecule has 0 radical (unpaired) electrons. The Kier molecular flexibility index (Phi) is 4.48. The van der Waals surface area contributed by atoms with Gasteiger partial charge in [0.15, 0.2) is 5.82 Å². The first kappa shape index (κ1) is 15.7. The van der Waals surface area contributed by atoms with Gasteiger partial charge in [-0.15, -0.1) is 0 Å². The van der Waals surface area contributed by atoms with Gasteiger partial charge in [0, 0.05) is 24.7 Å². The van der Waals surface area contributed by atoms with Crippen LogP contribution in [0.5, 0.6) is 5.75 Å².